The van der Waals surface area contributed by atoms with Crippen molar-refractivity contribution in [2.75, 3.05) is 20.8 Å². The third kappa shape index (κ3) is 5.32. The number of hydrogen-bond acceptors (Lipinski definition) is 6. The normalized spacial score (nSPS) is 19.3. The summed E-state index contributed by atoms with van der Waals surface area (Å²) in [5.41, 5.74) is -0.390. The zero-order valence-electron chi connectivity index (χ0n) is 19.4. The van der Waals surface area contributed by atoms with Crippen molar-refractivity contribution in [3.63, 3.8) is 0 Å². The van der Waals surface area contributed by atoms with Gasteiger partial charge in [0.15, 0.2) is 0 Å². The van der Waals surface area contributed by atoms with Gasteiger partial charge in [0.2, 0.25) is 0 Å². The minimum Gasteiger partial charge on any atom is -0.478 e. The first-order valence-electron chi connectivity index (χ1n) is 10.2. The van der Waals surface area contributed by atoms with Crippen molar-refractivity contribution in [2.24, 2.45) is 0 Å². The Kier molecular flexibility index (Phi) is 7.84. The zero-order valence-corrected chi connectivity index (χ0v) is 19.4. The van der Waals surface area contributed by atoms with Crippen LogP contribution in [0.3, 0.4) is 0 Å². The summed E-state index contributed by atoms with van der Waals surface area (Å²) in [6.45, 7) is 6.68. The Labute approximate surface area is 190 Å². The fourth-order valence-electron chi connectivity index (χ4n) is 4.14. The molecule has 0 aliphatic carbocycles. The molecule has 1 unspecified atom stereocenters. The molecule has 0 aromatic heterocycles. The molecule has 1 aromatic rings. The molecule has 0 spiro atoms. The zero-order chi connectivity index (χ0) is 25.1. The van der Waals surface area contributed by atoms with E-state index in [9.17, 15) is 27.9 Å². The van der Waals surface area contributed by atoms with E-state index >= 15 is 0 Å². The van der Waals surface area contributed by atoms with Crippen LogP contribution >= 0.6 is 0 Å². The summed E-state index contributed by atoms with van der Waals surface area (Å²) in [5.74, 6) is -2.45. The lowest BCUT2D eigenvalue weighted by atomic mass is 9.63. The number of carbonyl (C=O) groups is 2. The van der Waals surface area contributed by atoms with Gasteiger partial charge < -0.3 is 24.2 Å². The van der Waals surface area contributed by atoms with Gasteiger partial charge in [-0.1, -0.05) is 12.1 Å². The number of ether oxygens (including phenoxy) is 3. The standard InChI is InChI=1S/C23H28F3NO6/c1-13(2)32-21(30)19-15(4)27(5)14(3)18(20(28)29)22(19,11-12-31-6)16-7-9-17(10-8-16)33-23(24,25)26/h7-10,13H,11-12H2,1-6H3,(H,28,29). The number of halogens is 3. The second-order valence-corrected chi connectivity index (χ2v) is 7.96. The molecular formula is C23H28F3NO6. The molecule has 0 saturated carbocycles. The van der Waals surface area contributed by atoms with Crippen LogP contribution in [0.2, 0.25) is 0 Å². The van der Waals surface area contributed by atoms with Crippen molar-refractivity contribution in [3.8, 4) is 5.75 Å². The van der Waals surface area contributed by atoms with E-state index in [1.807, 2.05) is 0 Å². The van der Waals surface area contributed by atoms with Gasteiger partial charge in [-0.25, -0.2) is 9.59 Å². The van der Waals surface area contributed by atoms with Gasteiger partial charge in [0.1, 0.15) is 5.75 Å². The SMILES string of the molecule is COCCC1(c2ccc(OC(F)(F)F)cc2)C(C(=O)O)=C(C)N(C)C(C)=C1C(=O)OC(C)C. The van der Waals surface area contributed by atoms with E-state index in [0.717, 1.165) is 12.1 Å². The Morgan fingerprint density at radius 1 is 1.09 bits per heavy atom. The van der Waals surface area contributed by atoms with Crippen molar-refractivity contribution in [1.82, 2.24) is 4.90 Å². The van der Waals surface area contributed by atoms with E-state index in [-0.39, 0.29) is 24.2 Å². The Balaban J connectivity index is 2.86. The van der Waals surface area contributed by atoms with Gasteiger partial charge in [0, 0.05) is 32.2 Å². The van der Waals surface area contributed by atoms with Crippen LogP contribution in [-0.4, -0.2) is 55.2 Å². The van der Waals surface area contributed by atoms with Crippen molar-refractivity contribution < 1.29 is 42.1 Å². The van der Waals surface area contributed by atoms with E-state index < -0.39 is 35.6 Å². The summed E-state index contributed by atoms with van der Waals surface area (Å²) in [7, 11) is 3.07. The monoisotopic (exact) mass is 471 g/mol. The van der Waals surface area contributed by atoms with Crippen LogP contribution < -0.4 is 4.74 Å². The molecule has 10 heteroatoms. The number of hydrogen-bond donors (Lipinski definition) is 1. The molecule has 0 fully saturated rings. The van der Waals surface area contributed by atoms with Crippen LogP contribution in [0.25, 0.3) is 0 Å². The molecule has 33 heavy (non-hydrogen) atoms. The summed E-state index contributed by atoms with van der Waals surface area (Å²) in [6, 6.07) is 4.83. The molecule has 1 aromatic carbocycles. The highest BCUT2D eigenvalue weighted by Crippen LogP contribution is 2.50. The number of carbonyl (C=O) groups excluding carboxylic acids is 1. The number of rotatable bonds is 8. The molecule has 1 N–H and O–H groups in total. The average molecular weight is 471 g/mol. The van der Waals surface area contributed by atoms with Crippen molar-refractivity contribution in [1.29, 1.82) is 0 Å². The summed E-state index contributed by atoms with van der Waals surface area (Å²) in [4.78, 5) is 27.4. The highest BCUT2D eigenvalue weighted by molar-refractivity contribution is 6.01. The molecule has 0 amide bonds. The number of allylic oxidation sites excluding steroid dienone is 2. The quantitative estimate of drug-likeness (QED) is 0.563. The molecule has 1 atom stereocenters. The molecule has 1 heterocycles. The van der Waals surface area contributed by atoms with Crippen molar-refractivity contribution in [3.05, 3.63) is 52.4 Å². The summed E-state index contributed by atoms with van der Waals surface area (Å²) in [6.07, 6.45) is -5.32. The van der Waals surface area contributed by atoms with Gasteiger partial charge >= 0.3 is 18.3 Å². The Morgan fingerprint density at radius 2 is 1.64 bits per heavy atom. The number of alkyl halides is 3. The van der Waals surface area contributed by atoms with Gasteiger partial charge in [-0.3, -0.25) is 0 Å². The predicted molar refractivity (Wildman–Crippen MR) is 113 cm³/mol. The maximum Gasteiger partial charge on any atom is 0.573 e. The molecule has 0 bridgehead atoms. The van der Waals surface area contributed by atoms with Crippen LogP contribution in [-0.2, 0) is 24.5 Å². The number of carboxylic acids is 1. The van der Waals surface area contributed by atoms with E-state index in [1.54, 1.807) is 39.6 Å². The molecule has 1 aliphatic heterocycles. The molecule has 1 aliphatic rings. The smallest absolute Gasteiger partial charge is 0.478 e. The average Bonchev–Trinajstić information content (AvgIpc) is 2.68. The number of methoxy groups -OCH3 is 1. The molecule has 0 saturated heterocycles. The van der Waals surface area contributed by atoms with E-state index in [0.29, 0.717) is 17.0 Å². The predicted octanol–water partition coefficient (Wildman–Crippen LogP) is 4.39. The number of carboxylic acid groups (broad SMARTS) is 1. The van der Waals surface area contributed by atoms with Gasteiger partial charge in [-0.2, -0.15) is 0 Å². The minimum absolute atomic E-state index is 0.0374. The highest BCUT2D eigenvalue weighted by Gasteiger charge is 2.51. The topological polar surface area (TPSA) is 85.3 Å². The largest absolute Gasteiger partial charge is 0.573 e. The van der Waals surface area contributed by atoms with Crippen LogP contribution in [0.4, 0.5) is 13.2 Å². The van der Waals surface area contributed by atoms with Gasteiger partial charge in [0.05, 0.1) is 22.7 Å². The first-order chi connectivity index (χ1) is 15.3. The second kappa shape index (κ2) is 9.86. The summed E-state index contributed by atoms with van der Waals surface area (Å²) >= 11 is 0. The van der Waals surface area contributed by atoms with Gasteiger partial charge in [-0.15, -0.1) is 13.2 Å². The van der Waals surface area contributed by atoms with Gasteiger partial charge in [0.25, 0.3) is 0 Å². The van der Waals surface area contributed by atoms with Crippen LogP contribution in [0, 0.1) is 0 Å². The van der Waals surface area contributed by atoms with Crippen molar-refractivity contribution >= 4 is 11.9 Å². The summed E-state index contributed by atoms with van der Waals surface area (Å²) in [5, 5.41) is 10.2. The summed E-state index contributed by atoms with van der Waals surface area (Å²) < 4.78 is 52.6. The third-order valence-corrected chi connectivity index (χ3v) is 5.61. The molecule has 0 radical (unpaired) electrons. The van der Waals surface area contributed by atoms with E-state index in [2.05, 4.69) is 4.74 Å². The van der Waals surface area contributed by atoms with E-state index in [1.165, 1.54) is 19.2 Å². The maximum atomic E-state index is 13.3. The van der Waals surface area contributed by atoms with Crippen LogP contribution in [0.5, 0.6) is 5.75 Å². The third-order valence-electron chi connectivity index (χ3n) is 5.61. The first-order valence-corrected chi connectivity index (χ1v) is 10.2. The number of benzene rings is 1. The van der Waals surface area contributed by atoms with Crippen LogP contribution in [0.1, 0.15) is 39.7 Å². The fourth-order valence-corrected chi connectivity index (χ4v) is 4.14. The molecule has 182 valence electrons. The maximum absolute atomic E-state index is 13.3. The lowest BCUT2D eigenvalue weighted by Crippen LogP contribution is -2.46. The molecular weight excluding hydrogens is 443 g/mol. The minimum atomic E-state index is -4.88. The first kappa shape index (κ1) is 26.2. The number of nitrogens with zero attached hydrogens (tertiary/aromatic N) is 1. The second-order valence-electron chi connectivity index (χ2n) is 7.96. The lowest BCUT2D eigenvalue weighted by molar-refractivity contribution is -0.274. The lowest BCUT2D eigenvalue weighted by Gasteiger charge is -2.44. The van der Waals surface area contributed by atoms with Crippen molar-refractivity contribution in [2.45, 2.75) is 52.0 Å². The molecule has 2 rings (SSSR count). The fraction of sp³-hybridized carbons (Fsp3) is 0.478. The Bertz CT molecular complexity index is 965. The van der Waals surface area contributed by atoms with Crippen LogP contribution in [0.15, 0.2) is 46.8 Å². The Hall–Kier alpha value is -3.01. The highest BCUT2D eigenvalue weighted by atomic mass is 19.4. The number of esters is 1. The van der Waals surface area contributed by atoms with Gasteiger partial charge in [-0.05, 0) is 51.8 Å². The molecule has 7 nitrogen and oxygen atoms in total. The van der Waals surface area contributed by atoms with E-state index in [4.69, 9.17) is 9.47 Å². The number of aliphatic carboxylic acids is 1. The Morgan fingerprint density at radius 3 is 2.09 bits per heavy atom.